The van der Waals surface area contributed by atoms with Gasteiger partial charge in [0.05, 0.1) is 14.2 Å². The van der Waals surface area contributed by atoms with E-state index in [1.807, 2.05) is 12.1 Å². The lowest BCUT2D eigenvalue weighted by Gasteiger charge is -2.11. The monoisotopic (exact) mass is 332 g/mol. The zero-order valence-corrected chi connectivity index (χ0v) is 13.8. The third-order valence-corrected chi connectivity index (χ3v) is 3.47. The molecule has 6 heteroatoms. The van der Waals surface area contributed by atoms with Crippen molar-refractivity contribution in [3.05, 3.63) is 53.8 Å². The average molecular weight is 332 g/mol. The Hall–Kier alpha value is -2.76. The van der Waals surface area contributed by atoms with Gasteiger partial charge in [-0.05, 0) is 29.8 Å². The Morgan fingerprint density at radius 2 is 1.75 bits per heavy atom. The van der Waals surface area contributed by atoms with Gasteiger partial charge in [-0.1, -0.05) is 12.1 Å². The number of methoxy groups -OCH3 is 2. The molecule has 2 aromatic carbocycles. The van der Waals surface area contributed by atoms with Crippen LogP contribution < -0.4 is 20.1 Å². The fourth-order valence-corrected chi connectivity index (χ4v) is 2.16. The number of anilines is 1. The topological polar surface area (TPSA) is 59.6 Å². The maximum atomic E-state index is 12.8. The number of nitrogens with one attached hydrogen (secondary N) is 2. The van der Waals surface area contributed by atoms with Crippen molar-refractivity contribution in [1.29, 1.82) is 0 Å². The number of carbonyl (C=O) groups excluding carboxylic acids is 1. The maximum absolute atomic E-state index is 12.8. The van der Waals surface area contributed by atoms with Crippen LogP contribution in [0.3, 0.4) is 0 Å². The summed E-state index contributed by atoms with van der Waals surface area (Å²) in [6.45, 7) is 0.875. The van der Waals surface area contributed by atoms with E-state index in [2.05, 4.69) is 10.6 Å². The van der Waals surface area contributed by atoms with Crippen molar-refractivity contribution in [2.45, 2.75) is 13.0 Å². The van der Waals surface area contributed by atoms with Gasteiger partial charge in [-0.3, -0.25) is 4.79 Å². The maximum Gasteiger partial charge on any atom is 0.222 e. The number of benzene rings is 2. The largest absolute Gasteiger partial charge is 0.493 e. The second-order valence-corrected chi connectivity index (χ2v) is 5.15. The molecule has 0 aliphatic carbocycles. The number of hydrogen-bond acceptors (Lipinski definition) is 4. The third kappa shape index (κ3) is 5.15. The Kier molecular flexibility index (Phi) is 6.42. The van der Waals surface area contributed by atoms with Gasteiger partial charge in [0.2, 0.25) is 5.91 Å². The quantitative estimate of drug-likeness (QED) is 0.780. The molecule has 0 atom stereocenters. The van der Waals surface area contributed by atoms with E-state index in [1.54, 1.807) is 32.4 Å². The summed E-state index contributed by atoms with van der Waals surface area (Å²) < 4.78 is 23.2. The molecule has 0 aromatic heterocycles. The summed E-state index contributed by atoms with van der Waals surface area (Å²) in [5.41, 5.74) is 1.71. The molecule has 0 aliphatic heterocycles. The summed E-state index contributed by atoms with van der Waals surface area (Å²) in [5, 5.41) is 5.96. The number of halogens is 1. The molecule has 0 spiro atoms. The van der Waals surface area contributed by atoms with Crippen LogP contribution in [0.1, 0.15) is 12.0 Å². The Balaban J connectivity index is 1.75. The molecule has 0 aliphatic rings. The van der Waals surface area contributed by atoms with Crippen LogP contribution in [0, 0.1) is 5.82 Å². The molecule has 2 rings (SSSR count). The average Bonchev–Trinajstić information content (AvgIpc) is 2.61. The van der Waals surface area contributed by atoms with Crippen LogP contribution in [-0.2, 0) is 11.3 Å². The molecule has 2 aromatic rings. The van der Waals surface area contributed by atoms with Gasteiger partial charge < -0.3 is 20.1 Å². The normalized spacial score (nSPS) is 10.1. The van der Waals surface area contributed by atoms with Crippen molar-refractivity contribution in [3.8, 4) is 11.5 Å². The van der Waals surface area contributed by atoms with E-state index < -0.39 is 0 Å². The van der Waals surface area contributed by atoms with Gasteiger partial charge in [-0.15, -0.1) is 0 Å². The van der Waals surface area contributed by atoms with Crippen LogP contribution in [0.15, 0.2) is 42.5 Å². The van der Waals surface area contributed by atoms with Crippen molar-refractivity contribution >= 4 is 11.6 Å². The van der Waals surface area contributed by atoms with E-state index in [1.165, 1.54) is 12.1 Å². The van der Waals surface area contributed by atoms with E-state index in [4.69, 9.17) is 9.47 Å². The minimum absolute atomic E-state index is 0.0766. The van der Waals surface area contributed by atoms with Gasteiger partial charge >= 0.3 is 0 Å². The molecular formula is C18H21FN2O3. The molecule has 0 radical (unpaired) electrons. The summed E-state index contributed by atoms with van der Waals surface area (Å²) in [6, 6.07) is 11.5. The standard InChI is InChI=1S/C18H21FN2O3/c1-23-16-8-7-15(11-17(16)24-2)20-10-9-18(22)21-12-13-3-5-14(19)6-4-13/h3-8,11,20H,9-10,12H2,1-2H3,(H,21,22). The van der Waals surface area contributed by atoms with Gasteiger partial charge in [0, 0.05) is 31.3 Å². The molecule has 128 valence electrons. The van der Waals surface area contributed by atoms with E-state index in [-0.39, 0.29) is 11.7 Å². The molecule has 0 heterocycles. The Bertz CT molecular complexity index is 674. The molecule has 2 N–H and O–H groups in total. The molecule has 0 saturated carbocycles. The van der Waals surface area contributed by atoms with Crippen molar-refractivity contribution in [2.24, 2.45) is 0 Å². The molecule has 0 unspecified atom stereocenters. The van der Waals surface area contributed by atoms with Crippen LogP contribution in [0.5, 0.6) is 11.5 Å². The fourth-order valence-electron chi connectivity index (χ4n) is 2.16. The number of carbonyl (C=O) groups is 1. The van der Waals surface area contributed by atoms with Gasteiger partial charge in [0.15, 0.2) is 11.5 Å². The number of hydrogen-bond donors (Lipinski definition) is 2. The predicted molar refractivity (Wildman–Crippen MR) is 90.9 cm³/mol. The Morgan fingerprint density at radius 1 is 1.04 bits per heavy atom. The van der Waals surface area contributed by atoms with Gasteiger partial charge in [0.25, 0.3) is 0 Å². The van der Waals surface area contributed by atoms with Crippen LogP contribution in [0.4, 0.5) is 10.1 Å². The minimum Gasteiger partial charge on any atom is -0.493 e. The number of amides is 1. The lowest BCUT2D eigenvalue weighted by molar-refractivity contribution is -0.121. The minimum atomic E-state index is -0.288. The molecule has 0 fully saturated rings. The van der Waals surface area contributed by atoms with Crippen LogP contribution in [-0.4, -0.2) is 26.7 Å². The zero-order chi connectivity index (χ0) is 17.4. The first-order valence-electron chi connectivity index (χ1n) is 7.59. The second-order valence-electron chi connectivity index (χ2n) is 5.15. The fraction of sp³-hybridized carbons (Fsp3) is 0.278. The van der Waals surface area contributed by atoms with Crippen molar-refractivity contribution in [1.82, 2.24) is 5.32 Å². The summed E-state index contributed by atoms with van der Waals surface area (Å²) in [6.07, 6.45) is 0.329. The second kappa shape index (κ2) is 8.76. The first-order valence-corrected chi connectivity index (χ1v) is 7.59. The highest BCUT2D eigenvalue weighted by atomic mass is 19.1. The third-order valence-electron chi connectivity index (χ3n) is 3.47. The summed E-state index contributed by atoms with van der Waals surface area (Å²) in [5.74, 6) is 0.917. The highest BCUT2D eigenvalue weighted by Crippen LogP contribution is 2.29. The van der Waals surface area contributed by atoms with Gasteiger partial charge in [-0.2, -0.15) is 0 Å². The predicted octanol–water partition coefficient (Wildman–Crippen LogP) is 2.96. The molecule has 24 heavy (non-hydrogen) atoms. The smallest absolute Gasteiger partial charge is 0.222 e. The number of ether oxygens (including phenoxy) is 2. The van der Waals surface area contributed by atoms with Crippen LogP contribution in [0.2, 0.25) is 0 Å². The van der Waals surface area contributed by atoms with Crippen molar-refractivity contribution in [3.63, 3.8) is 0 Å². The highest BCUT2D eigenvalue weighted by molar-refractivity contribution is 5.76. The molecule has 0 bridgehead atoms. The van der Waals surface area contributed by atoms with Gasteiger partial charge in [-0.25, -0.2) is 4.39 Å². The summed E-state index contributed by atoms with van der Waals surface area (Å²) in [7, 11) is 3.15. The Morgan fingerprint density at radius 3 is 2.42 bits per heavy atom. The summed E-state index contributed by atoms with van der Waals surface area (Å²) >= 11 is 0. The van der Waals surface area contributed by atoms with Crippen LogP contribution in [0.25, 0.3) is 0 Å². The van der Waals surface area contributed by atoms with Crippen molar-refractivity contribution < 1.29 is 18.7 Å². The lowest BCUT2D eigenvalue weighted by atomic mass is 10.2. The Labute approximate surface area is 140 Å². The van der Waals surface area contributed by atoms with E-state index in [0.717, 1.165) is 11.3 Å². The van der Waals surface area contributed by atoms with E-state index >= 15 is 0 Å². The lowest BCUT2D eigenvalue weighted by Crippen LogP contribution is -2.24. The zero-order valence-electron chi connectivity index (χ0n) is 13.8. The van der Waals surface area contributed by atoms with Crippen molar-refractivity contribution in [2.75, 3.05) is 26.1 Å². The number of rotatable bonds is 8. The summed E-state index contributed by atoms with van der Waals surface area (Å²) in [4.78, 5) is 11.8. The van der Waals surface area contributed by atoms with E-state index in [0.29, 0.717) is 31.0 Å². The SMILES string of the molecule is COc1ccc(NCCC(=O)NCc2ccc(F)cc2)cc1OC. The molecule has 0 saturated heterocycles. The first kappa shape index (κ1) is 17.6. The van der Waals surface area contributed by atoms with Gasteiger partial charge in [0.1, 0.15) is 5.82 Å². The molecular weight excluding hydrogens is 311 g/mol. The molecule has 5 nitrogen and oxygen atoms in total. The van der Waals surface area contributed by atoms with Crippen LogP contribution >= 0.6 is 0 Å². The van der Waals surface area contributed by atoms with E-state index in [9.17, 15) is 9.18 Å². The highest BCUT2D eigenvalue weighted by Gasteiger charge is 2.05. The first-order chi connectivity index (χ1) is 11.6. The molecule has 1 amide bonds.